The summed E-state index contributed by atoms with van der Waals surface area (Å²) in [4.78, 5) is 24.0. The summed E-state index contributed by atoms with van der Waals surface area (Å²) in [5.74, 6) is -0.966. The number of benzene rings is 2. The van der Waals surface area contributed by atoms with Crippen LogP contribution in [0.4, 0.5) is 5.69 Å². The van der Waals surface area contributed by atoms with Gasteiger partial charge >= 0.3 is 5.97 Å². The molecule has 1 N–H and O–H groups in total. The number of carbonyl (C=O) groups is 2. The van der Waals surface area contributed by atoms with E-state index in [2.05, 4.69) is 5.32 Å². The first-order chi connectivity index (χ1) is 14.3. The fourth-order valence-electron chi connectivity index (χ4n) is 3.13. The molecule has 160 valence electrons. The Balaban J connectivity index is 1.43. The van der Waals surface area contributed by atoms with Crippen molar-refractivity contribution in [3.8, 4) is 0 Å². The van der Waals surface area contributed by atoms with Gasteiger partial charge in [-0.1, -0.05) is 29.8 Å². The number of nitrogens with zero attached hydrogens (tertiary/aromatic N) is 1. The Hall–Kier alpha value is -2.42. The van der Waals surface area contributed by atoms with E-state index < -0.39 is 28.5 Å². The van der Waals surface area contributed by atoms with Crippen LogP contribution in [0.25, 0.3) is 0 Å². The molecule has 30 heavy (non-hydrogen) atoms. The lowest BCUT2D eigenvalue weighted by Crippen LogP contribution is -2.27. The van der Waals surface area contributed by atoms with Crippen molar-refractivity contribution in [3.63, 3.8) is 0 Å². The van der Waals surface area contributed by atoms with Crippen molar-refractivity contribution in [3.05, 3.63) is 59.1 Å². The van der Waals surface area contributed by atoms with E-state index in [9.17, 15) is 18.0 Å². The lowest BCUT2D eigenvalue weighted by atomic mass is 10.1. The molecule has 1 heterocycles. The van der Waals surface area contributed by atoms with Gasteiger partial charge < -0.3 is 10.1 Å². The molecule has 0 saturated carbocycles. The zero-order chi connectivity index (χ0) is 21.6. The molecule has 1 aliphatic rings. The van der Waals surface area contributed by atoms with Gasteiger partial charge in [0.05, 0.1) is 4.90 Å². The molecule has 0 aromatic heterocycles. The van der Waals surface area contributed by atoms with Crippen LogP contribution in [0, 0.1) is 0 Å². The number of halogens is 1. The van der Waals surface area contributed by atoms with Gasteiger partial charge in [0.2, 0.25) is 10.0 Å². The van der Waals surface area contributed by atoms with E-state index in [1.165, 1.54) is 4.31 Å². The van der Waals surface area contributed by atoms with Crippen molar-refractivity contribution >= 4 is 39.2 Å². The van der Waals surface area contributed by atoms with Crippen molar-refractivity contribution in [2.45, 2.75) is 30.6 Å². The van der Waals surface area contributed by atoms with Gasteiger partial charge in [-0.2, -0.15) is 4.31 Å². The van der Waals surface area contributed by atoms with Crippen molar-refractivity contribution < 1.29 is 22.7 Å². The van der Waals surface area contributed by atoms with Crippen molar-refractivity contribution in [1.82, 2.24) is 4.31 Å². The topological polar surface area (TPSA) is 92.8 Å². The summed E-state index contributed by atoms with van der Waals surface area (Å²) in [5.41, 5.74) is 1.34. The molecular formula is C21H23ClN2O5S. The highest BCUT2D eigenvalue weighted by Crippen LogP contribution is 2.21. The van der Waals surface area contributed by atoms with Crippen LogP contribution in [-0.2, 0) is 30.8 Å². The maximum atomic E-state index is 12.5. The molecular weight excluding hydrogens is 428 g/mol. The lowest BCUT2D eigenvalue weighted by Gasteiger charge is -2.15. The first-order valence-corrected chi connectivity index (χ1v) is 11.5. The third kappa shape index (κ3) is 6.04. The number of anilines is 1. The Morgan fingerprint density at radius 1 is 1.07 bits per heavy atom. The van der Waals surface area contributed by atoms with E-state index in [0.717, 1.165) is 18.4 Å². The molecule has 1 aliphatic heterocycles. The van der Waals surface area contributed by atoms with Crippen molar-refractivity contribution in [2.24, 2.45) is 0 Å². The molecule has 1 amide bonds. The average molecular weight is 451 g/mol. The van der Waals surface area contributed by atoms with Gasteiger partial charge in [0.1, 0.15) is 0 Å². The number of sulfonamides is 1. The monoisotopic (exact) mass is 450 g/mol. The third-order valence-corrected chi connectivity index (χ3v) is 6.86. The second kappa shape index (κ2) is 10.1. The summed E-state index contributed by atoms with van der Waals surface area (Å²) in [6.45, 7) is 0.722. The Morgan fingerprint density at radius 3 is 2.43 bits per heavy atom. The zero-order valence-electron chi connectivity index (χ0n) is 16.3. The molecule has 0 unspecified atom stereocenters. The number of hydrogen-bond acceptors (Lipinski definition) is 5. The number of ether oxygens (including phenoxy) is 1. The smallest absolute Gasteiger partial charge is 0.306 e. The van der Waals surface area contributed by atoms with E-state index in [1.54, 1.807) is 48.5 Å². The van der Waals surface area contributed by atoms with Crippen molar-refractivity contribution in [2.75, 3.05) is 25.0 Å². The molecule has 2 aromatic carbocycles. The number of aryl methyl sites for hydroxylation is 1. The second-order valence-electron chi connectivity index (χ2n) is 6.97. The van der Waals surface area contributed by atoms with Crippen LogP contribution >= 0.6 is 11.6 Å². The van der Waals surface area contributed by atoms with Gasteiger partial charge in [-0.25, -0.2) is 8.42 Å². The van der Waals surface area contributed by atoms with E-state index in [1.807, 2.05) is 0 Å². The van der Waals surface area contributed by atoms with E-state index in [-0.39, 0.29) is 11.3 Å². The SMILES string of the molecule is O=C(COC(=O)CCc1ccc(S(=O)(=O)N2CCCC2)cc1)Nc1cccc(Cl)c1. The summed E-state index contributed by atoms with van der Waals surface area (Å²) in [6, 6.07) is 13.2. The average Bonchev–Trinajstić information content (AvgIpc) is 3.27. The number of nitrogens with one attached hydrogen (secondary N) is 1. The predicted octanol–water partition coefficient (Wildman–Crippen LogP) is 3.24. The minimum atomic E-state index is -3.44. The molecule has 7 nitrogen and oxygen atoms in total. The molecule has 0 spiro atoms. The summed E-state index contributed by atoms with van der Waals surface area (Å²) in [5, 5.41) is 3.08. The number of carbonyl (C=O) groups excluding carboxylic acids is 2. The molecule has 0 bridgehead atoms. The molecule has 0 aliphatic carbocycles. The van der Waals surface area contributed by atoms with Crippen LogP contribution in [0.3, 0.4) is 0 Å². The Bertz CT molecular complexity index is 1000. The first-order valence-electron chi connectivity index (χ1n) is 9.65. The summed E-state index contributed by atoms with van der Waals surface area (Å²) in [6.07, 6.45) is 2.24. The standard InChI is InChI=1S/C21H23ClN2O5S/c22-17-4-3-5-18(14-17)23-20(25)15-29-21(26)11-8-16-6-9-19(10-7-16)30(27,28)24-12-1-2-13-24/h3-7,9-10,14H,1-2,8,11-13,15H2,(H,23,25). The Morgan fingerprint density at radius 2 is 1.77 bits per heavy atom. The highest BCUT2D eigenvalue weighted by atomic mass is 35.5. The predicted molar refractivity (Wildman–Crippen MR) is 114 cm³/mol. The summed E-state index contributed by atoms with van der Waals surface area (Å²) < 4.78 is 31.5. The second-order valence-corrected chi connectivity index (χ2v) is 9.35. The largest absolute Gasteiger partial charge is 0.456 e. The fraction of sp³-hybridized carbons (Fsp3) is 0.333. The van der Waals surface area contributed by atoms with E-state index in [4.69, 9.17) is 16.3 Å². The van der Waals surface area contributed by atoms with Gasteiger partial charge in [-0.05, 0) is 55.2 Å². The van der Waals surface area contributed by atoms with Crippen LogP contribution < -0.4 is 5.32 Å². The van der Waals surface area contributed by atoms with E-state index in [0.29, 0.717) is 30.2 Å². The van der Waals surface area contributed by atoms with Crippen LogP contribution in [-0.4, -0.2) is 44.3 Å². The maximum Gasteiger partial charge on any atom is 0.306 e. The van der Waals surface area contributed by atoms with Gasteiger partial charge in [0.15, 0.2) is 6.61 Å². The van der Waals surface area contributed by atoms with Crippen molar-refractivity contribution in [1.29, 1.82) is 0 Å². The molecule has 1 saturated heterocycles. The van der Waals surface area contributed by atoms with Crippen LogP contribution in [0.2, 0.25) is 5.02 Å². The molecule has 1 fully saturated rings. The molecule has 2 aromatic rings. The molecule has 3 rings (SSSR count). The van der Waals surface area contributed by atoms with Gasteiger partial charge in [-0.3, -0.25) is 9.59 Å². The Labute approximate surface area is 181 Å². The molecule has 0 atom stereocenters. The van der Waals surface area contributed by atoms with Crippen LogP contribution in [0.15, 0.2) is 53.4 Å². The fourth-order valence-corrected chi connectivity index (χ4v) is 4.84. The minimum Gasteiger partial charge on any atom is -0.456 e. The maximum absolute atomic E-state index is 12.5. The van der Waals surface area contributed by atoms with Crippen LogP contribution in [0.5, 0.6) is 0 Å². The quantitative estimate of drug-likeness (QED) is 0.623. The van der Waals surface area contributed by atoms with Gasteiger partial charge in [0, 0.05) is 30.2 Å². The highest BCUT2D eigenvalue weighted by molar-refractivity contribution is 7.89. The minimum absolute atomic E-state index is 0.0860. The number of rotatable bonds is 8. The number of hydrogen-bond donors (Lipinski definition) is 1. The number of amides is 1. The molecule has 9 heteroatoms. The summed E-state index contributed by atoms with van der Waals surface area (Å²) in [7, 11) is -3.44. The summed E-state index contributed by atoms with van der Waals surface area (Å²) >= 11 is 5.85. The van der Waals surface area contributed by atoms with E-state index >= 15 is 0 Å². The zero-order valence-corrected chi connectivity index (χ0v) is 17.9. The first kappa shape index (κ1) is 22.3. The van der Waals surface area contributed by atoms with Crippen LogP contribution in [0.1, 0.15) is 24.8 Å². The third-order valence-electron chi connectivity index (χ3n) is 4.72. The highest BCUT2D eigenvalue weighted by Gasteiger charge is 2.26. The molecule has 0 radical (unpaired) electrons. The number of esters is 1. The van der Waals surface area contributed by atoms with Gasteiger partial charge in [-0.15, -0.1) is 0 Å². The van der Waals surface area contributed by atoms with Gasteiger partial charge in [0.25, 0.3) is 5.91 Å². The Kier molecular flexibility index (Phi) is 7.47. The normalized spacial score (nSPS) is 14.4. The lowest BCUT2D eigenvalue weighted by molar-refractivity contribution is -0.147.